The molecule has 1 aromatic rings. The van der Waals surface area contributed by atoms with Gasteiger partial charge in [0.15, 0.2) is 0 Å². The number of aliphatic hydroxyl groups is 1. The summed E-state index contributed by atoms with van der Waals surface area (Å²) < 4.78 is 5.58. The van der Waals surface area contributed by atoms with Gasteiger partial charge in [0.2, 0.25) is 0 Å². The molecule has 0 fully saturated rings. The van der Waals surface area contributed by atoms with E-state index in [1.165, 1.54) is 5.56 Å². The normalized spacial score (nSPS) is 11.9. The molecule has 0 unspecified atom stereocenters. The van der Waals surface area contributed by atoms with E-state index in [0.29, 0.717) is 0 Å². The van der Waals surface area contributed by atoms with Crippen LogP contribution in [0, 0.1) is 5.41 Å². The molecule has 0 radical (unpaired) electrons. The maximum absolute atomic E-state index is 9.20. The zero-order valence-corrected chi connectivity index (χ0v) is 10.7. The maximum atomic E-state index is 9.20. The summed E-state index contributed by atoms with van der Waals surface area (Å²) in [6.07, 6.45) is 1.09. The van der Waals surface area contributed by atoms with Gasteiger partial charge >= 0.3 is 0 Å². The second kappa shape index (κ2) is 5.35. The quantitative estimate of drug-likeness (QED) is 0.829. The van der Waals surface area contributed by atoms with Crippen LogP contribution in [0.3, 0.4) is 0 Å². The van der Waals surface area contributed by atoms with Crippen LogP contribution in [0.1, 0.15) is 33.3 Å². The molecule has 0 atom stereocenters. The molecule has 2 nitrogen and oxygen atoms in total. The third-order valence-electron chi connectivity index (χ3n) is 2.41. The van der Waals surface area contributed by atoms with Gasteiger partial charge in [0, 0.05) is 6.61 Å². The van der Waals surface area contributed by atoms with E-state index in [4.69, 9.17) is 4.74 Å². The van der Waals surface area contributed by atoms with Crippen molar-refractivity contribution >= 4 is 0 Å². The molecule has 0 aliphatic heterocycles. The highest BCUT2D eigenvalue weighted by atomic mass is 16.5. The zero-order valence-electron chi connectivity index (χ0n) is 10.7. The van der Waals surface area contributed by atoms with E-state index in [1.807, 2.05) is 26.0 Å². The predicted molar refractivity (Wildman–Crippen MR) is 66.8 cm³/mol. The molecule has 0 aromatic heterocycles. The van der Waals surface area contributed by atoms with Crippen molar-refractivity contribution in [2.45, 2.75) is 40.2 Å². The molecule has 0 saturated carbocycles. The average Bonchev–Trinajstić information content (AvgIpc) is 2.20. The molecule has 1 aromatic carbocycles. The highest BCUT2D eigenvalue weighted by Crippen LogP contribution is 2.22. The number of aliphatic hydroxyl groups excluding tert-OH is 1. The topological polar surface area (TPSA) is 29.5 Å². The lowest BCUT2D eigenvalue weighted by atomic mass is 9.87. The fourth-order valence-corrected chi connectivity index (χ4v) is 1.57. The molecule has 0 aliphatic carbocycles. The van der Waals surface area contributed by atoms with Crippen molar-refractivity contribution in [2.24, 2.45) is 5.41 Å². The van der Waals surface area contributed by atoms with E-state index in [-0.39, 0.29) is 18.1 Å². The fraction of sp³-hybridized carbons (Fsp3) is 0.571. The summed E-state index contributed by atoms with van der Waals surface area (Å²) in [6, 6.07) is 8.11. The van der Waals surface area contributed by atoms with Crippen LogP contribution in [0.4, 0.5) is 0 Å². The van der Waals surface area contributed by atoms with Crippen LogP contribution in [0.15, 0.2) is 24.3 Å². The standard InChI is InChI=1S/C14H22O2/c1-11(2)16-13-7-5-12(6-8-13)9-14(3,4)10-15/h5-8,11,15H,9-10H2,1-4H3. The lowest BCUT2D eigenvalue weighted by Crippen LogP contribution is -2.19. The van der Waals surface area contributed by atoms with E-state index in [2.05, 4.69) is 26.0 Å². The van der Waals surface area contributed by atoms with Gasteiger partial charge in [0.25, 0.3) is 0 Å². The van der Waals surface area contributed by atoms with Gasteiger partial charge < -0.3 is 9.84 Å². The van der Waals surface area contributed by atoms with Crippen molar-refractivity contribution < 1.29 is 9.84 Å². The van der Waals surface area contributed by atoms with Crippen LogP contribution in [-0.2, 0) is 6.42 Å². The van der Waals surface area contributed by atoms with Gasteiger partial charge in [0.05, 0.1) is 6.10 Å². The molecule has 90 valence electrons. The molecule has 2 heteroatoms. The molecule has 0 bridgehead atoms. The van der Waals surface area contributed by atoms with Gasteiger partial charge in [-0.25, -0.2) is 0 Å². The smallest absolute Gasteiger partial charge is 0.119 e. The van der Waals surface area contributed by atoms with Gasteiger partial charge in [-0.05, 0) is 43.4 Å². The molecular weight excluding hydrogens is 200 g/mol. The Kier molecular flexibility index (Phi) is 4.36. The summed E-state index contributed by atoms with van der Waals surface area (Å²) in [6.45, 7) is 8.36. The van der Waals surface area contributed by atoms with E-state index >= 15 is 0 Å². The van der Waals surface area contributed by atoms with Crippen molar-refractivity contribution in [2.75, 3.05) is 6.61 Å². The zero-order chi connectivity index (χ0) is 12.2. The SMILES string of the molecule is CC(C)Oc1ccc(CC(C)(C)CO)cc1. The maximum Gasteiger partial charge on any atom is 0.119 e. The van der Waals surface area contributed by atoms with Crippen molar-refractivity contribution in [1.82, 2.24) is 0 Å². The minimum absolute atomic E-state index is 0.0551. The monoisotopic (exact) mass is 222 g/mol. The molecule has 0 spiro atoms. The molecule has 0 aliphatic rings. The van der Waals surface area contributed by atoms with Crippen LogP contribution in [0.5, 0.6) is 5.75 Å². The first-order chi connectivity index (χ1) is 7.43. The minimum atomic E-state index is -0.0551. The van der Waals surface area contributed by atoms with Crippen molar-refractivity contribution in [3.63, 3.8) is 0 Å². The molecule has 0 amide bonds. The summed E-state index contributed by atoms with van der Waals surface area (Å²) in [5, 5.41) is 9.20. The molecule has 0 saturated heterocycles. The summed E-state index contributed by atoms with van der Waals surface area (Å²) in [5.74, 6) is 0.903. The van der Waals surface area contributed by atoms with Gasteiger partial charge in [-0.15, -0.1) is 0 Å². The highest BCUT2D eigenvalue weighted by Gasteiger charge is 2.16. The molecule has 0 heterocycles. The van der Waals surface area contributed by atoms with Gasteiger partial charge in [-0.2, -0.15) is 0 Å². The summed E-state index contributed by atoms with van der Waals surface area (Å²) in [5.41, 5.74) is 1.18. The van der Waals surface area contributed by atoms with Gasteiger partial charge in [-0.1, -0.05) is 26.0 Å². The largest absolute Gasteiger partial charge is 0.491 e. The van der Waals surface area contributed by atoms with E-state index in [9.17, 15) is 5.11 Å². The highest BCUT2D eigenvalue weighted by molar-refractivity contribution is 5.28. The molecule has 1 N–H and O–H groups in total. The van der Waals surface area contributed by atoms with Crippen LogP contribution in [-0.4, -0.2) is 17.8 Å². The van der Waals surface area contributed by atoms with Crippen molar-refractivity contribution in [1.29, 1.82) is 0 Å². The molecular formula is C14H22O2. The summed E-state index contributed by atoms with van der Waals surface area (Å²) in [4.78, 5) is 0. The van der Waals surface area contributed by atoms with Crippen LogP contribution < -0.4 is 4.74 Å². The van der Waals surface area contributed by atoms with Crippen LogP contribution in [0.25, 0.3) is 0 Å². The first-order valence-electron chi connectivity index (χ1n) is 5.79. The lowest BCUT2D eigenvalue weighted by molar-refractivity contribution is 0.159. The Morgan fingerprint density at radius 2 is 1.75 bits per heavy atom. The fourth-order valence-electron chi connectivity index (χ4n) is 1.57. The van der Waals surface area contributed by atoms with Crippen molar-refractivity contribution in [3.05, 3.63) is 29.8 Å². The third-order valence-corrected chi connectivity index (χ3v) is 2.41. The summed E-state index contributed by atoms with van der Waals surface area (Å²) in [7, 11) is 0. The van der Waals surface area contributed by atoms with Crippen molar-refractivity contribution in [3.8, 4) is 5.75 Å². The summed E-state index contributed by atoms with van der Waals surface area (Å²) >= 11 is 0. The Balaban J connectivity index is 2.64. The second-order valence-corrected chi connectivity index (χ2v) is 5.31. The minimum Gasteiger partial charge on any atom is -0.491 e. The number of rotatable bonds is 5. The number of benzene rings is 1. The number of ether oxygens (including phenoxy) is 1. The van der Waals surface area contributed by atoms with Gasteiger partial charge in [-0.3, -0.25) is 0 Å². The Labute approximate surface area is 98.3 Å². The predicted octanol–water partition coefficient (Wildman–Crippen LogP) is 3.03. The Morgan fingerprint density at radius 1 is 1.19 bits per heavy atom. The van der Waals surface area contributed by atoms with E-state index < -0.39 is 0 Å². The van der Waals surface area contributed by atoms with E-state index in [0.717, 1.165) is 12.2 Å². The first-order valence-corrected chi connectivity index (χ1v) is 5.79. The van der Waals surface area contributed by atoms with E-state index in [1.54, 1.807) is 0 Å². The Hall–Kier alpha value is -1.02. The average molecular weight is 222 g/mol. The first kappa shape index (κ1) is 13.0. The molecule has 1 rings (SSSR count). The number of hydrogen-bond donors (Lipinski definition) is 1. The van der Waals surface area contributed by atoms with Gasteiger partial charge in [0.1, 0.15) is 5.75 Å². The Morgan fingerprint density at radius 3 is 2.19 bits per heavy atom. The van der Waals surface area contributed by atoms with Crippen LogP contribution >= 0.6 is 0 Å². The lowest BCUT2D eigenvalue weighted by Gasteiger charge is -2.21. The van der Waals surface area contributed by atoms with Crippen LogP contribution in [0.2, 0.25) is 0 Å². The third kappa shape index (κ3) is 4.23. The molecule has 16 heavy (non-hydrogen) atoms. The second-order valence-electron chi connectivity index (χ2n) is 5.31. The Bertz CT molecular complexity index is 312. The number of hydrogen-bond acceptors (Lipinski definition) is 2.